The van der Waals surface area contributed by atoms with Gasteiger partial charge in [-0.15, -0.1) is 0 Å². The molecule has 0 radical (unpaired) electrons. The van der Waals surface area contributed by atoms with Crippen molar-refractivity contribution in [2.75, 3.05) is 18.0 Å². The van der Waals surface area contributed by atoms with Gasteiger partial charge < -0.3 is 4.90 Å². The third-order valence-electron chi connectivity index (χ3n) is 4.81. The lowest BCUT2D eigenvalue weighted by molar-refractivity contribution is -0.191. The lowest BCUT2D eigenvalue weighted by atomic mass is 9.89. The molecular formula is C20H22N4O2. The second kappa shape index (κ2) is 8.41. The van der Waals surface area contributed by atoms with E-state index in [4.69, 9.17) is 14.6 Å². The second-order valence-electron chi connectivity index (χ2n) is 6.33. The SMILES string of the molecule is CCc1cn2ccc(N3CCC(c4ccccc4)CC3)nc2n1.O=C=O. The number of anilines is 1. The Labute approximate surface area is 152 Å². The maximum atomic E-state index is 8.12. The van der Waals surface area contributed by atoms with Crippen LogP contribution in [0.15, 0.2) is 48.8 Å². The van der Waals surface area contributed by atoms with Crippen molar-refractivity contribution in [1.29, 1.82) is 0 Å². The van der Waals surface area contributed by atoms with Gasteiger partial charge in [0.25, 0.3) is 0 Å². The third-order valence-corrected chi connectivity index (χ3v) is 4.81. The Morgan fingerprint density at radius 3 is 2.42 bits per heavy atom. The summed E-state index contributed by atoms with van der Waals surface area (Å²) in [5.41, 5.74) is 2.56. The van der Waals surface area contributed by atoms with E-state index in [9.17, 15) is 0 Å². The molecule has 0 saturated carbocycles. The van der Waals surface area contributed by atoms with Crippen molar-refractivity contribution in [2.24, 2.45) is 0 Å². The van der Waals surface area contributed by atoms with Gasteiger partial charge in [-0.25, -0.2) is 4.98 Å². The molecular weight excluding hydrogens is 328 g/mol. The van der Waals surface area contributed by atoms with Crippen LogP contribution in [0.5, 0.6) is 0 Å². The smallest absolute Gasteiger partial charge is 0.356 e. The number of aryl methyl sites for hydroxylation is 1. The highest BCUT2D eigenvalue weighted by molar-refractivity contribution is 5.45. The first-order chi connectivity index (χ1) is 12.7. The van der Waals surface area contributed by atoms with Crippen LogP contribution in [0.1, 0.15) is 36.9 Å². The summed E-state index contributed by atoms with van der Waals surface area (Å²) >= 11 is 0. The summed E-state index contributed by atoms with van der Waals surface area (Å²) in [4.78, 5) is 28.0. The minimum atomic E-state index is 0.250. The fraction of sp³-hybridized carbons (Fsp3) is 0.350. The van der Waals surface area contributed by atoms with Crippen molar-refractivity contribution in [2.45, 2.75) is 32.1 Å². The van der Waals surface area contributed by atoms with Crippen molar-refractivity contribution in [3.63, 3.8) is 0 Å². The number of aromatic nitrogens is 3. The molecule has 2 aromatic heterocycles. The molecule has 1 aromatic carbocycles. The van der Waals surface area contributed by atoms with Crippen molar-refractivity contribution in [3.8, 4) is 0 Å². The molecule has 1 aliphatic heterocycles. The van der Waals surface area contributed by atoms with Gasteiger partial charge in [-0.1, -0.05) is 37.3 Å². The van der Waals surface area contributed by atoms with Gasteiger partial charge in [-0.05, 0) is 36.8 Å². The molecule has 26 heavy (non-hydrogen) atoms. The van der Waals surface area contributed by atoms with Gasteiger partial charge in [0, 0.05) is 25.5 Å². The zero-order valence-corrected chi connectivity index (χ0v) is 14.8. The molecule has 0 spiro atoms. The Bertz CT molecular complexity index is 877. The predicted octanol–water partition coefficient (Wildman–Crippen LogP) is 3.09. The fourth-order valence-electron chi connectivity index (χ4n) is 3.43. The second-order valence-corrected chi connectivity index (χ2v) is 6.33. The molecule has 134 valence electrons. The van der Waals surface area contributed by atoms with Crippen LogP contribution in [0.2, 0.25) is 0 Å². The normalized spacial score (nSPS) is 14.6. The molecule has 3 aromatic rings. The van der Waals surface area contributed by atoms with E-state index in [-0.39, 0.29) is 6.15 Å². The van der Waals surface area contributed by atoms with Gasteiger partial charge in [-0.2, -0.15) is 14.6 Å². The molecule has 0 bridgehead atoms. The highest BCUT2D eigenvalue weighted by atomic mass is 16.2. The first kappa shape index (κ1) is 17.8. The van der Waals surface area contributed by atoms with Crippen LogP contribution >= 0.6 is 0 Å². The van der Waals surface area contributed by atoms with Crippen LogP contribution in [0.3, 0.4) is 0 Å². The van der Waals surface area contributed by atoms with Crippen LogP contribution in [0.4, 0.5) is 5.82 Å². The molecule has 0 unspecified atom stereocenters. The summed E-state index contributed by atoms with van der Waals surface area (Å²) in [5.74, 6) is 2.54. The van der Waals surface area contributed by atoms with Crippen LogP contribution in [0.25, 0.3) is 5.78 Å². The molecule has 3 heterocycles. The van der Waals surface area contributed by atoms with E-state index >= 15 is 0 Å². The minimum Gasteiger partial charge on any atom is -0.356 e. The summed E-state index contributed by atoms with van der Waals surface area (Å²) < 4.78 is 2.01. The summed E-state index contributed by atoms with van der Waals surface area (Å²) in [7, 11) is 0. The predicted molar refractivity (Wildman–Crippen MR) is 98.0 cm³/mol. The summed E-state index contributed by atoms with van der Waals surface area (Å²) in [6.07, 6.45) is 7.71. The van der Waals surface area contributed by atoms with Crippen LogP contribution in [0, 0.1) is 0 Å². The number of fused-ring (bicyclic) bond motifs is 1. The first-order valence-corrected chi connectivity index (χ1v) is 8.89. The van der Waals surface area contributed by atoms with Crippen LogP contribution in [-0.4, -0.2) is 33.6 Å². The molecule has 6 nitrogen and oxygen atoms in total. The van der Waals surface area contributed by atoms with Crippen molar-refractivity contribution in [1.82, 2.24) is 14.4 Å². The van der Waals surface area contributed by atoms with Gasteiger partial charge in [-0.3, -0.25) is 4.40 Å². The van der Waals surface area contributed by atoms with E-state index in [0.717, 1.165) is 36.8 Å². The number of imidazole rings is 1. The fourth-order valence-corrected chi connectivity index (χ4v) is 3.43. The number of hydrogen-bond acceptors (Lipinski definition) is 5. The maximum absolute atomic E-state index is 8.12. The minimum absolute atomic E-state index is 0.250. The van der Waals surface area contributed by atoms with Gasteiger partial charge >= 0.3 is 6.15 Å². The third kappa shape index (κ3) is 3.98. The summed E-state index contributed by atoms with van der Waals surface area (Å²) in [6, 6.07) is 13.0. The topological polar surface area (TPSA) is 67.6 Å². The standard InChI is InChI=1S/C19H22N4.CO2/c1-2-17-14-23-13-10-18(21-19(23)20-17)22-11-8-16(9-12-22)15-6-4-3-5-7-15;2-1-3/h3-7,10,13-14,16H,2,8-9,11-12H2,1H3;. The van der Waals surface area contributed by atoms with Crippen LogP contribution in [-0.2, 0) is 16.0 Å². The number of carbonyl (C=O) groups excluding carboxylic acids is 2. The number of nitrogens with zero attached hydrogens (tertiary/aromatic N) is 4. The lowest BCUT2D eigenvalue weighted by Gasteiger charge is -2.33. The van der Waals surface area contributed by atoms with Gasteiger partial charge in [0.2, 0.25) is 5.78 Å². The average molecular weight is 350 g/mol. The van der Waals surface area contributed by atoms with Crippen molar-refractivity contribution < 1.29 is 9.59 Å². The van der Waals surface area contributed by atoms with E-state index in [2.05, 4.69) is 65.6 Å². The summed E-state index contributed by atoms with van der Waals surface area (Å²) in [5, 5.41) is 0. The Kier molecular flexibility index (Phi) is 5.77. The zero-order valence-electron chi connectivity index (χ0n) is 14.8. The monoisotopic (exact) mass is 350 g/mol. The van der Waals surface area contributed by atoms with E-state index in [1.165, 1.54) is 18.4 Å². The number of rotatable bonds is 3. The van der Waals surface area contributed by atoms with Gasteiger partial charge in [0.15, 0.2) is 0 Å². The number of piperidine rings is 1. The quantitative estimate of drug-likeness (QED) is 0.726. The van der Waals surface area contributed by atoms with Gasteiger partial charge in [0.1, 0.15) is 5.82 Å². The Hall–Kier alpha value is -2.98. The molecule has 0 N–H and O–H groups in total. The maximum Gasteiger partial charge on any atom is 0.373 e. The molecule has 0 atom stereocenters. The zero-order chi connectivity index (χ0) is 18.4. The van der Waals surface area contributed by atoms with Gasteiger partial charge in [0.05, 0.1) is 5.69 Å². The van der Waals surface area contributed by atoms with Crippen molar-refractivity contribution >= 4 is 17.7 Å². The molecule has 1 fully saturated rings. The molecule has 1 aliphatic rings. The van der Waals surface area contributed by atoms with E-state index < -0.39 is 0 Å². The highest BCUT2D eigenvalue weighted by Crippen LogP contribution is 2.29. The first-order valence-electron chi connectivity index (χ1n) is 8.89. The molecule has 6 heteroatoms. The van der Waals surface area contributed by atoms with E-state index in [0.29, 0.717) is 5.92 Å². The summed E-state index contributed by atoms with van der Waals surface area (Å²) in [6.45, 7) is 4.24. The molecule has 0 amide bonds. The van der Waals surface area contributed by atoms with E-state index in [1.807, 2.05) is 4.40 Å². The number of hydrogen-bond donors (Lipinski definition) is 0. The molecule has 0 aliphatic carbocycles. The van der Waals surface area contributed by atoms with E-state index in [1.54, 1.807) is 0 Å². The molecule has 4 rings (SSSR count). The Balaban J connectivity index is 0.000000613. The number of benzene rings is 1. The highest BCUT2D eigenvalue weighted by Gasteiger charge is 2.21. The van der Waals surface area contributed by atoms with Crippen molar-refractivity contribution in [3.05, 3.63) is 60.0 Å². The van der Waals surface area contributed by atoms with Crippen LogP contribution < -0.4 is 4.90 Å². The Morgan fingerprint density at radius 2 is 1.77 bits per heavy atom. The molecule has 1 saturated heterocycles. The largest absolute Gasteiger partial charge is 0.373 e. The Morgan fingerprint density at radius 1 is 1.08 bits per heavy atom. The lowest BCUT2D eigenvalue weighted by Crippen LogP contribution is -2.33. The average Bonchev–Trinajstić information content (AvgIpc) is 3.12.